The van der Waals surface area contributed by atoms with Gasteiger partial charge >= 0.3 is 0 Å². The molecule has 0 fully saturated rings. The van der Waals surface area contributed by atoms with Crippen molar-refractivity contribution in [3.63, 3.8) is 0 Å². The normalized spacial score (nSPS) is 11.6. The van der Waals surface area contributed by atoms with E-state index in [1.54, 1.807) is 13.0 Å². The number of aliphatic imine (C=N–C) groups is 1. The number of thioether (sulfide) groups is 1. The zero-order chi connectivity index (χ0) is 12.0. The largest absolute Gasteiger partial charge is 0.322 e. The summed E-state index contributed by atoms with van der Waals surface area (Å²) in [5.74, 6) is 0.314. The van der Waals surface area contributed by atoms with Crippen LogP contribution in [0.2, 0.25) is 0 Å². The molecular weight excluding hydrogens is 223 g/mol. The van der Waals surface area contributed by atoms with Crippen LogP contribution in [0.15, 0.2) is 34.3 Å². The van der Waals surface area contributed by atoms with Gasteiger partial charge < -0.3 is 5.73 Å². The summed E-state index contributed by atoms with van der Waals surface area (Å²) in [7, 11) is 0. The molecule has 0 aromatic heterocycles. The van der Waals surface area contributed by atoms with Gasteiger partial charge in [-0.15, -0.1) is 11.8 Å². The van der Waals surface area contributed by atoms with Gasteiger partial charge in [0.15, 0.2) is 0 Å². The highest BCUT2D eigenvalue weighted by atomic mass is 32.2. The molecule has 2 N–H and O–H groups in total. The average molecular weight is 238 g/mol. The smallest absolute Gasteiger partial charge is 0.126 e. The summed E-state index contributed by atoms with van der Waals surface area (Å²) in [6, 6.07) is 5.05. The molecule has 16 heavy (non-hydrogen) atoms. The number of nitrogens with zero attached hydrogens (tertiary/aromatic N) is 1. The van der Waals surface area contributed by atoms with E-state index in [9.17, 15) is 4.39 Å². The molecule has 0 saturated heterocycles. The molecule has 0 spiro atoms. The summed E-state index contributed by atoms with van der Waals surface area (Å²) >= 11 is 1.46. The zero-order valence-corrected chi connectivity index (χ0v) is 10.1. The van der Waals surface area contributed by atoms with Crippen molar-refractivity contribution in [3.8, 4) is 0 Å². The molecule has 0 atom stereocenters. The van der Waals surface area contributed by atoms with Crippen molar-refractivity contribution in [2.45, 2.75) is 13.3 Å². The lowest BCUT2D eigenvalue weighted by molar-refractivity contribution is 0.616. The highest BCUT2D eigenvalue weighted by Crippen LogP contribution is 2.18. The van der Waals surface area contributed by atoms with Gasteiger partial charge in [0, 0.05) is 12.3 Å². The van der Waals surface area contributed by atoms with Gasteiger partial charge in [0.2, 0.25) is 0 Å². The zero-order valence-electron chi connectivity index (χ0n) is 9.24. The first-order valence-corrected chi connectivity index (χ1v) is 5.95. The summed E-state index contributed by atoms with van der Waals surface area (Å²) in [4.78, 5) is 3.90. The summed E-state index contributed by atoms with van der Waals surface area (Å²) < 4.78 is 13.3. The van der Waals surface area contributed by atoms with E-state index in [2.05, 4.69) is 11.7 Å². The van der Waals surface area contributed by atoms with E-state index >= 15 is 0 Å². The first-order chi connectivity index (χ1) is 7.69. The Morgan fingerprint density at radius 3 is 3.00 bits per heavy atom. The van der Waals surface area contributed by atoms with E-state index in [-0.39, 0.29) is 5.82 Å². The van der Waals surface area contributed by atoms with E-state index in [0.717, 1.165) is 11.3 Å². The molecule has 0 radical (unpaired) electrons. The highest BCUT2D eigenvalue weighted by molar-refractivity contribution is 8.02. The molecule has 1 aromatic carbocycles. The van der Waals surface area contributed by atoms with Crippen LogP contribution in [0.3, 0.4) is 0 Å². The molecule has 0 unspecified atom stereocenters. The number of nitrogens with two attached hydrogens (primary N) is 1. The number of hydrogen-bond donors (Lipinski definition) is 1. The van der Waals surface area contributed by atoms with E-state index in [0.29, 0.717) is 17.9 Å². The van der Waals surface area contributed by atoms with Crippen molar-refractivity contribution in [3.05, 3.63) is 46.2 Å². The Morgan fingerprint density at radius 1 is 1.62 bits per heavy atom. The third-order valence-electron chi connectivity index (χ3n) is 2.27. The maximum atomic E-state index is 13.3. The van der Waals surface area contributed by atoms with E-state index in [1.807, 2.05) is 11.5 Å². The molecule has 1 rings (SSSR count). The number of benzene rings is 1. The fourth-order valence-corrected chi connectivity index (χ4v) is 1.76. The number of halogens is 1. The van der Waals surface area contributed by atoms with Crippen LogP contribution in [-0.2, 0) is 6.42 Å². The molecule has 4 heteroatoms. The van der Waals surface area contributed by atoms with Crippen LogP contribution >= 0.6 is 11.8 Å². The Morgan fingerprint density at radius 2 is 2.38 bits per heavy atom. The minimum Gasteiger partial charge on any atom is -0.322 e. The molecular formula is C12H15FN2S. The molecule has 0 aliphatic carbocycles. The predicted molar refractivity (Wildman–Crippen MR) is 69.1 cm³/mol. The fraction of sp³-hybridized carbons (Fsp3) is 0.250. The monoisotopic (exact) mass is 238 g/mol. The van der Waals surface area contributed by atoms with Crippen molar-refractivity contribution in [1.82, 2.24) is 0 Å². The van der Waals surface area contributed by atoms with Crippen molar-refractivity contribution in [2.75, 3.05) is 5.88 Å². The van der Waals surface area contributed by atoms with Crippen LogP contribution in [-0.4, -0.2) is 12.6 Å². The van der Waals surface area contributed by atoms with Gasteiger partial charge in [0.05, 0.1) is 5.70 Å². The standard InChI is InChI=1S/C12H15FN2S/c1-9-10(4-3-5-12(9)13)6-11(15-2)7-16-8-14/h3-5,7H,2,6,8,14H2,1H3/b11-7-. The minimum absolute atomic E-state index is 0.188. The molecule has 0 heterocycles. The van der Waals surface area contributed by atoms with Gasteiger partial charge in [0.1, 0.15) is 5.82 Å². The lowest BCUT2D eigenvalue weighted by atomic mass is 10.0. The second-order valence-corrected chi connectivity index (χ2v) is 4.20. The van der Waals surface area contributed by atoms with Gasteiger partial charge in [-0.05, 0) is 36.2 Å². The molecule has 2 nitrogen and oxygen atoms in total. The van der Waals surface area contributed by atoms with Gasteiger partial charge in [-0.3, -0.25) is 4.99 Å². The highest BCUT2D eigenvalue weighted by Gasteiger charge is 2.05. The van der Waals surface area contributed by atoms with Crippen LogP contribution in [0.25, 0.3) is 0 Å². The number of hydrogen-bond acceptors (Lipinski definition) is 3. The second-order valence-electron chi connectivity index (χ2n) is 3.30. The average Bonchev–Trinajstić information content (AvgIpc) is 2.30. The third kappa shape index (κ3) is 3.47. The quantitative estimate of drug-likeness (QED) is 0.632. The molecule has 0 aliphatic rings. The molecule has 0 bridgehead atoms. The lowest BCUT2D eigenvalue weighted by Crippen LogP contribution is -1.95. The van der Waals surface area contributed by atoms with Crippen LogP contribution in [0.4, 0.5) is 4.39 Å². The summed E-state index contributed by atoms with van der Waals surface area (Å²) in [5.41, 5.74) is 7.77. The van der Waals surface area contributed by atoms with Crippen molar-refractivity contribution in [1.29, 1.82) is 0 Å². The molecule has 1 aromatic rings. The van der Waals surface area contributed by atoms with Gasteiger partial charge in [-0.1, -0.05) is 12.1 Å². The third-order valence-corrected chi connectivity index (χ3v) is 2.90. The Kier molecular flexibility index (Phi) is 5.22. The fourth-order valence-electron chi connectivity index (χ4n) is 1.32. The van der Waals surface area contributed by atoms with Crippen LogP contribution in [0.1, 0.15) is 11.1 Å². The predicted octanol–water partition coefficient (Wildman–Crippen LogP) is 2.87. The SMILES string of the molecule is C=N/C(=C\SCN)Cc1cccc(F)c1C. The summed E-state index contributed by atoms with van der Waals surface area (Å²) in [6.45, 7) is 5.26. The van der Waals surface area contributed by atoms with Crippen molar-refractivity contribution >= 4 is 18.5 Å². The van der Waals surface area contributed by atoms with Gasteiger partial charge in [0.25, 0.3) is 0 Å². The Balaban J connectivity index is 2.86. The number of rotatable bonds is 5. The maximum absolute atomic E-state index is 13.3. The van der Waals surface area contributed by atoms with Gasteiger partial charge in [-0.2, -0.15) is 0 Å². The van der Waals surface area contributed by atoms with E-state index < -0.39 is 0 Å². The van der Waals surface area contributed by atoms with Crippen LogP contribution in [0, 0.1) is 12.7 Å². The van der Waals surface area contributed by atoms with Crippen LogP contribution < -0.4 is 5.73 Å². The first-order valence-electron chi connectivity index (χ1n) is 4.90. The summed E-state index contributed by atoms with van der Waals surface area (Å²) in [6.07, 6.45) is 0.583. The minimum atomic E-state index is -0.188. The lowest BCUT2D eigenvalue weighted by Gasteiger charge is -2.06. The van der Waals surface area contributed by atoms with Crippen molar-refractivity contribution in [2.24, 2.45) is 10.7 Å². The summed E-state index contributed by atoms with van der Waals surface area (Å²) in [5, 5.41) is 1.86. The van der Waals surface area contributed by atoms with E-state index in [4.69, 9.17) is 5.73 Å². The van der Waals surface area contributed by atoms with E-state index in [1.165, 1.54) is 17.8 Å². The second kappa shape index (κ2) is 6.45. The molecule has 0 amide bonds. The topological polar surface area (TPSA) is 38.4 Å². The Hall–Kier alpha value is -1.13. The molecule has 0 saturated carbocycles. The van der Waals surface area contributed by atoms with Crippen molar-refractivity contribution < 1.29 is 4.39 Å². The Labute approximate surface area is 99.5 Å². The maximum Gasteiger partial charge on any atom is 0.126 e. The van der Waals surface area contributed by atoms with Gasteiger partial charge in [-0.25, -0.2) is 4.39 Å². The number of allylic oxidation sites excluding steroid dienone is 1. The molecule has 86 valence electrons. The van der Waals surface area contributed by atoms with Crippen LogP contribution in [0.5, 0.6) is 0 Å². The first kappa shape index (κ1) is 12.9. The molecule has 0 aliphatic heterocycles. The Bertz CT molecular complexity index is 402.